The SMILES string of the molecule is Oc1ccc(C(F)(F)F)nc1-c1ccccc1C(F)(F)F. The second kappa shape index (κ2) is 4.94. The molecule has 8 heteroatoms. The van der Waals surface area contributed by atoms with Crippen LogP contribution in [0.3, 0.4) is 0 Å². The monoisotopic (exact) mass is 307 g/mol. The minimum absolute atomic E-state index is 0.495. The zero-order valence-electron chi connectivity index (χ0n) is 10.1. The van der Waals surface area contributed by atoms with Gasteiger partial charge in [-0.05, 0) is 18.2 Å². The summed E-state index contributed by atoms with van der Waals surface area (Å²) in [6.45, 7) is 0. The van der Waals surface area contributed by atoms with Crippen molar-refractivity contribution in [3.8, 4) is 17.0 Å². The number of benzene rings is 1. The summed E-state index contributed by atoms with van der Waals surface area (Å²) in [5.41, 5.74) is -3.94. The Bertz CT molecular complexity index is 662. The summed E-state index contributed by atoms with van der Waals surface area (Å²) < 4.78 is 76.4. The number of halogens is 6. The van der Waals surface area contributed by atoms with E-state index < -0.39 is 40.6 Å². The molecular weight excluding hydrogens is 300 g/mol. The van der Waals surface area contributed by atoms with E-state index in [2.05, 4.69) is 4.98 Å². The first kappa shape index (κ1) is 15.1. The molecule has 21 heavy (non-hydrogen) atoms. The predicted octanol–water partition coefficient (Wildman–Crippen LogP) is 4.49. The van der Waals surface area contributed by atoms with Crippen LogP contribution in [-0.2, 0) is 12.4 Å². The zero-order chi connectivity index (χ0) is 15.8. The van der Waals surface area contributed by atoms with Crippen LogP contribution in [0.2, 0.25) is 0 Å². The molecule has 2 nitrogen and oxygen atoms in total. The number of alkyl halides is 6. The molecule has 112 valence electrons. The van der Waals surface area contributed by atoms with Crippen molar-refractivity contribution >= 4 is 0 Å². The average molecular weight is 307 g/mol. The van der Waals surface area contributed by atoms with Gasteiger partial charge in [0.05, 0.1) is 5.56 Å². The molecule has 0 saturated heterocycles. The van der Waals surface area contributed by atoms with Crippen LogP contribution in [0.4, 0.5) is 26.3 Å². The Kier molecular flexibility index (Phi) is 3.56. The van der Waals surface area contributed by atoms with E-state index in [1.54, 1.807) is 0 Å². The highest BCUT2D eigenvalue weighted by atomic mass is 19.4. The molecule has 0 saturated carbocycles. The lowest BCUT2D eigenvalue weighted by Gasteiger charge is -2.14. The van der Waals surface area contributed by atoms with Crippen molar-refractivity contribution in [1.82, 2.24) is 4.98 Å². The number of aromatic hydroxyl groups is 1. The summed E-state index contributed by atoms with van der Waals surface area (Å²) in [5, 5.41) is 9.55. The summed E-state index contributed by atoms with van der Waals surface area (Å²) in [5.74, 6) is -0.764. The van der Waals surface area contributed by atoms with Crippen LogP contribution in [-0.4, -0.2) is 10.1 Å². The molecule has 0 unspecified atom stereocenters. The molecule has 0 bridgehead atoms. The van der Waals surface area contributed by atoms with E-state index in [0.717, 1.165) is 12.1 Å². The van der Waals surface area contributed by atoms with Gasteiger partial charge in [-0.2, -0.15) is 26.3 Å². The van der Waals surface area contributed by atoms with Crippen molar-refractivity contribution in [3.63, 3.8) is 0 Å². The summed E-state index contributed by atoms with van der Waals surface area (Å²) in [7, 11) is 0. The maximum absolute atomic E-state index is 12.9. The van der Waals surface area contributed by atoms with Crippen LogP contribution >= 0.6 is 0 Å². The van der Waals surface area contributed by atoms with E-state index in [4.69, 9.17) is 0 Å². The Labute approximate surface area is 114 Å². The number of aromatic nitrogens is 1. The first-order chi connectivity index (χ1) is 9.60. The number of nitrogens with zero attached hydrogens (tertiary/aromatic N) is 1. The molecule has 0 aliphatic heterocycles. The maximum atomic E-state index is 12.9. The molecule has 1 heterocycles. The Morgan fingerprint density at radius 1 is 0.810 bits per heavy atom. The van der Waals surface area contributed by atoms with Crippen LogP contribution in [0, 0.1) is 0 Å². The fourth-order valence-electron chi connectivity index (χ4n) is 1.74. The van der Waals surface area contributed by atoms with Gasteiger partial charge in [-0.3, -0.25) is 0 Å². The van der Waals surface area contributed by atoms with Gasteiger partial charge in [0.15, 0.2) is 0 Å². The molecule has 0 aliphatic carbocycles. The predicted molar refractivity (Wildman–Crippen MR) is 61.3 cm³/mol. The van der Waals surface area contributed by atoms with E-state index in [9.17, 15) is 31.4 Å². The first-order valence-electron chi connectivity index (χ1n) is 5.54. The lowest BCUT2D eigenvalue weighted by atomic mass is 10.0. The normalized spacial score (nSPS) is 12.5. The fraction of sp³-hybridized carbons (Fsp3) is 0.154. The van der Waals surface area contributed by atoms with E-state index in [0.29, 0.717) is 18.2 Å². The van der Waals surface area contributed by atoms with Crippen molar-refractivity contribution in [2.24, 2.45) is 0 Å². The van der Waals surface area contributed by atoms with Crippen LogP contribution in [0.15, 0.2) is 36.4 Å². The third-order valence-electron chi connectivity index (χ3n) is 2.65. The minimum atomic E-state index is -4.82. The van der Waals surface area contributed by atoms with Crippen molar-refractivity contribution in [2.75, 3.05) is 0 Å². The lowest BCUT2D eigenvalue weighted by Crippen LogP contribution is -2.10. The smallest absolute Gasteiger partial charge is 0.433 e. The standard InChI is InChI=1S/C13H7F6NO/c14-12(15,16)8-4-2-1-3-7(8)11-9(21)5-6-10(20-11)13(17,18)19/h1-6,21H. The third-order valence-corrected chi connectivity index (χ3v) is 2.65. The number of pyridine rings is 1. The topological polar surface area (TPSA) is 33.1 Å². The van der Waals surface area contributed by atoms with Gasteiger partial charge in [0.1, 0.15) is 17.1 Å². The minimum Gasteiger partial charge on any atom is -0.506 e. The van der Waals surface area contributed by atoms with E-state index in [1.807, 2.05) is 0 Å². The summed E-state index contributed by atoms with van der Waals surface area (Å²) in [6.07, 6.45) is -9.60. The van der Waals surface area contributed by atoms with Gasteiger partial charge in [0.25, 0.3) is 0 Å². The molecule has 1 aromatic carbocycles. The second-order valence-electron chi connectivity index (χ2n) is 4.11. The highest BCUT2D eigenvalue weighted by Gasteiger charge is 2.36. The Balaban J connectivity index is 2.68. The quantitative estimate of drug-likeness (QED) is 0.787. The molecule has 2 rings (SSSR count). The molecule has 1 aromatic heterocycles. The molecule has 0 fully saturated rings. The highest BCUT2D eigenvalue weighted by molar-refractivity contribution is 5.70. The molecule has 0 radical (unpaired) electrons. The Morgan fingerprint density at radius 3 is 2.00 bits per heavy atom. The molecule has 2 aromatic rings. The van der Waals surface area contributed by atoms with Crippen LogP contribution in [0.5, 0.6) is 5.75 Å². The largest absolute Gasteiger partial charge is 0.506 e. The fourth-order valence-corrected chi connectivity index (χ4v) is 1.74. The van der Waals surface area contributed by atoms with Crippen molar-refractivity contribution in [3.05, 3.63) is 47.7 Å². The van der Waals surface area contributed by atoms with Gasteiger partial charge in [0, 0.05) is 5.56 Å². The van der Waals surface area contributed by atoms with Gasteiger partial charge >= 0.3 is 12.4 Å². The lowest BCUT2D eigenvalue weighted by molar-refractivity contribution is -0.141. The second-order valence-corrected chi connectivity index (χ2v) is 4.11. The van der Waals surface area contributed by atoms with Crippen LogP contribution < -0.4 is 0 Å². The Morgan fingerprint density at radius 2 is 1.43 bits per heavy atom. The van der Waals surface area contributed by atoms with Crippen LogP contribution in [0.1, 0.15) is 11.3 Å². The molecule has 0 aliphatic rings. The van der Waals surface area contributed by atoms with Gasteiger partial charge in [-0.15, -0.1) is 0 Å². The summed E-state index contributed by atoms with van der Waals surface area (Å²) >= 11 is 0. The number of rotatable bonds is 1. The van der Waals surface area contributed by atoms with Gasteiger partial charge in [-0.25, -0.2) is 4.98 Å². The van der Waals surface area contributed by atoms with Gasteiger partial charge in [0.2, 0.25) is 0 Å². The van der Waals surface area contributed by atoms with Gasteiger partial charge in [-0.1, -0.05) is 18.2 Å². The molecule has 1 N–H and O–H groups in total. The maximum Gasteiger partial charge on any atom is 0.433 e. The van der Waals surface area contributed by atoms with Crippen molar-refractivity contribution in [2.45, 2.75) is 12.4 Å². The van der Waals surface area contributed by atoms with Crippen LogP contribution in [0.25, 0.3) is 11.3 Å². The molecular formula is C13H7F6NO. The molecule has 0 amide bonds. The average Bonchev–Trinajstić information content (AvgIpc) is 2.37. The van der Waals surface area contributed by atoms with Crippen molar-refractivity contribution in [1.29, 1.82) is 0 Å². The number of hydrogen-bond acceptors (Lipinski definition) is 2. The third kappa shape index (κ3) is 3.09. The first-order valence-corrected chi connectivity index (χ1v) is 5.54. The van der Waals surface area contributed by atoms with Crippen molar-refractivity contribution < 1.29 is 31.4 Å². The summed E-state index contributed by atoms with van der Waals surface area (Å²) in [6, 6.07) is 5.12. The van der Waals surface area contributed by atoms with E-state index >= 15 is 0 Å². The Hall–Kier alpha value is -2.25. The number of hydrogen-bond donors (Lipinski definition) is 1. The van der Waals surface area contributed by atoms with Gasteiger partial charge < -0.3 is 5.11 Å². The summed E-state index contributed by atoms with van der Waals surface area (Å²) in [4.78, 5) is 3.11. The highest BCUT2D eigenvalue weighted by Crippen LogP contribution is 2.40. The molecule has 0 atom stereocenters. The molecule has 0 spiro atoms. The zero-order valence-corrected chi connectivity index (χ0v) is 10.1. The van der Waals surface area contributed by atoms with E-state index in [-0.39, 0.29) is 0 Å². The van der Waals surface area contributed by atoms with E-state index in [1.165, 1.54) is 6.07 Å².